The van der Waals surface area contributed by atoms with E-state index in [-0.39, 0.29) is 68.6 Å². The van der Waals surface area contributed by atoms with Crippen molar-refractivity contribution < 1.29 is 67.2 Å². The SMILES string of the molecule is CCC(C)[C@H]1O[C@]2(C=C[C@@H]1C)C[C@@H]1C[C@@H](C/C=C(\C)[C@@H](OC3C[C@H](OC)[C@@H](OCOCCOC(C)=O)[C@H](C)O3)C(C)/C=C/C=C3\CO[C@@H]4[C@H](O)C(C)=C[C@@H](C(=O)O1)[C@]34O)O2. The van der Waals surface area contributed by atoms with Crippen LogP contribution in [0.25, 0.3) is 0 Å². The van der Waals surface area contributed by atoms with E-state index in [9.17, 15) is 19.8 Å². The topological polar surface area (TPSA) is 167 Å². The molecule has 1 spiro atoms. The number of allylic oxidation sites excluding steroid dienone is 2. The lowest BCUT2D eigenvalue weighted by Crippen LogP contribution is -2.58. The molecule has 1 aliphatic carbocycles. The predicted molar refractivity (Wildman–Crippen MR) is 219 cm³/mol. The van der Waals surface area contributed by atoms with Crippen LogP contribution in [0.1, 0.15) is 87.5 Å². The number of methoxy groups -OCH3 is 1. The molecular formula is C46H68O14. The Balaban J connectivity index is 1.29. The first kappa shape index (κ1) is 46.7. The van der Waals surface area contributed by atoms with Crippen LogP contribution in [0.2, 0.25) is 0 Å². The van der Waals surface area contributed by atoms with Gasteiger partial charge in [-0.2, -0.15) is 0 Å². The maximum atomic E-state index is 14.3. The molecule has 0 aromatic heterocycles. The molecule has 14 heteroatoms. The molecule has 2 bridgehead atoms. The maximum absolute atomic E-state index is 14.3. The Morgan fingerprint density at radius 1 is 1.05 bits per heavy atom. The molecule has 5 aliphatic heterocycles. The zero-order valence-corrected chi connectivity index (χ0v) is 36.8. The van der Waals surface area contributed by atoms with Crippen molar-refractivity contribution in [2.75, 3.05) is 33.7 Å². The number of hydrogen-bond donors (Lipinski definition) is 2. The van der Waals surface area contributed by atoms with Gasteiger partial charge in [0.15, 0.2) is 12.1 Å². The number of fused-ring (bicyclic) bond motifs is 2. The molecule has 14 nitrogen and oxygen atoms in total. The van der Waals surface area contributed by atoms with Crippen molar-refractivity contribution in [2.45, 2.75) is 160 Å². The van der Waals surface area contributed by atoms with Gasteiger partial charge < -0.3 is 57.6 Å². The maximum Gasteiger partial charge on any atom is 0.316 e. The van der Waals surface area contributed by atoms with Gasteiger partial charge in [0.1, 0.15) is 49.3 Å². The average Bonchev–Trinajstić information content (AvgIpc) is 3.55. The van der Waals surface area contributed by atoms with Crippen LogP contribution >= 0.6 is 0 Å². The van der Waals surface area contributed by atoms with Gasteiger partial charge in [0.2, 0.25) is 0 Å². The van der Waals surface area contributed by atoms with Gasteiger partial charge in [-0.15, -0.1) is 0 Å². The second kappa shape index (κ2) is 20.2. The van der Waals surface area contributed by atoms with Gasteiger partial charge in [0.25, 0.3) is 0 Å². The van der Waals surface area contributed by atoms with E-state index in [4.69, 9.17) is 47.4 Å². The lowest BCUT2D eigenvalue weighted by Gasteiger charge is -2.48. The Kier molecular flexibility index (Phi) is 15.7. The number of carbonyl (C=O) groups excluding carboxylic acids is 2. The number of rotatable bonds is 11. The highest BCUT2D eigenvalue weighted by Gasteiger charge is 2.60. The Labute approximate surface area is 355 Å². The third kappa shape index (κ3) is 10.4. The Morgan fingerprint density at radius 3 is 2.57 bits per heavy atom. The summed E-state index contributed by atoms with van der Waals surface area (Å²) < 4.78 is 61.7. The molecule has 6 aliphatic rings. The molecule has 0 aromatic carbocycles. The van der Waals surface area contributed by atoms with Crippen LogP contribution in [0, 0.1) is 23.7 Å². The number of ether oxygens (including phenoxy) is 10. The first-order valence-corrected chi connectivity index (χ1v) is 21.8. The average molecular weight is 845 g/mol. The fraction of sp³-hybridized carbons (Fsp3) is 0.739. The van der Waals surface area contributed by atoms with E-state index < -0.39 is 66.2 Å². The Morgan fingerprint density at radius 2 is 1.83 bits per heavy atom. The van der Waals surface area contributed by atoms with Crippen molar-refractivity contribution in [3.8, 4) is 0 Å². The largest absolute Gasteiger partial charge is 0.463 e. The van der Waals surface area contributed by atoms with Crippen LogP contribution in [0.4, 0.5) is 0 Å². The van der Waals surface area contributed by atoms with E-state index in [2.05, 4.69) is 39.8 Å². The highest BCUT2D eigenvalue weighted by molar-refractivity contribution is 5.78. The smallest absolute Gasteiger partial charge is 0.316 e. The van der Waals surface area contributed by atoms with Crippen LogP contribution in [-0.4, -0.2) is 128 Å². The molecule has 6 rings (SSSR count). The highest BCUT2D eigenvalue weighted by atomic mass is 16.7. The Hall–Kier alpha value is -2.76. The number of hydrogen-bond acceptors (Lipinski definition) is 14. The lowest BCUT2D eigenvalue weighted by molar-refractivity contribution is -0.300. The highest BCUT2D eigenvalue weighted by Crippen LogP contribution is 2.47. The molecule has 16 atom stereocenters. The van der Waals surface area contributed by atoms with E-state index in [0.29, 0.717) is 36.8 Å². The molecule has 0 aromatic rings. The van der Waals surface area contributed by atoms with Crippen LogP contribution in [0.5, 0.6) is 0 Å². The first-order chi connectivity index (χ1) is 28.6. The summed E-state index contributed by atoms with van der Waals surface area (Å²) in [5, 5.41) is 23.6. The fourth-order valence-corrected chi connectivity index (χ4v) is 9.53. The summed E-state index contributed by atoms with van der Waals surface area (Å²) in [7, 11) is 1.63. The lowest BCUT2D eigenvalue weighted by atomic mass is 9.71. The molecule has 0 saturated carbocycles. The fourth-order valence-electron chi connectivity index (χ4n) is 9.53. The van der Waals surface area contributed by atoms with Crippen molar-refractivity contribution in [3.63, 3.8) is 0 Å². The van der Waals surface area contributed by atoms with Gasteiger partial charge in [-0.3, -0.25) is 9.59 Å². The monoisotopic (exact) mass is 844 g/mol. The van der Waals surface area contributed by atoms with Gasteiger partial charge in [-0.1, -0.05) is 70.6 Å². The van der Waals surface area contributed by atoms with E-state index in [1.807, 2.05) is 32.1 Å². The van der Waals surface area contributed by atoms with Crippen molar-refractivity contribution in [1.82, 2.24) is 0 Å². The van der Waals surface area contributed by atoms with E-state index in [0.717, 1.165) is 12.0 Å². The third-order valence-corrected chi connectivity index (χ3v) is 13.1. The van der Waals surface area contributed by atoms with E-state index >= 15 is 0 Å². The molecule has 336 valence electrons. The quantitative estimate of drug-likeness (QED) is 0.117. The molecular weight excluding hydrogens is 776 g/mol. The van der Waals surface area contributed by atoms with Crippen molar-refractivity contribution in [1.29, 1.82) is 0 Å². The van der Waals surface area contributed by atoms with Crippen molar-refractivity contribution in [3.05, 3.63) is 59.3 Å². The first-order valence-electron chi connectivity index (χ1n) is 21.8. The minimum absolute atomic E-state index is 0.0218. The van der Waals surface area contributed by atoms with E-state index in [1.165, 1.54) is 6.92 Å². The summed E-state index contributed by atoms with van der Waals surface area (Å²) >= 11 is 0. The van der Waals surface area contributed by atoms with Gasteiger partial charge >= 0.3 is 11.9 Å². The van der Waals surface area contributed by atoms with Crippen LogP contribution in [0.3, 0.4) is 0 Å². The standard InChI is InChI=1S/C46H68O14/c1-10-26(2)41-29(5)16-17-45(60-41)23-35-21-34(59-45)15-14-28(4)40(58-38-22-37(51-9)42(31(7)56-38)55-25-52-18-19-53-32(8)47)27(3)12-11-13-33-24-54-43-39(48)30(6)20-36(44(49)57-35)46(33,43)50/h11-14,16-17,20,26-27,29,31,34-43,48,50H,10,15,18-19,21-25H2,1-9H3/b12-11+,28-14+,33-13+/t26?,27?,29-,31-,34+,35-,36-,37-,38?,39+,40-,41+,42-,43+,45+,46+/m0/s1. The van der Waals surface area contributed by atoms with Crippen LogP contribution < -0.4 is 0 Å². The molecule has 0 amide bonds. The van der Waals surface area contributed by atoms with Gasteiger partial charge in [0.05, 0.1) is 43.7 Å². The second-order valence-electron chi connectivity index (χ2n) is 17.6. The normalized spacial score (nSPS) is 43.8. The van der Waals surface area contributed by atoms with Crippen LogP contribution in [-0.2, 0) is 57.0 Å². The zero-order valence-electron chi connectivity index (χ0n) is 36.8. The second-order valence-corrected chi connectivity index (χ2v) is 17.6. The minimum atomic E-state index is -1.83. The molecule has 2 N–H and O–H groups in total. The number of aliphatic hydroxyl groups is 2. The summed E-state index contributed by atoms with van der Waals surface area (Å²) in [6.07, 6.45) is 10.5. The number of aliphatic hydroxyl groups excluding tert-OH is 1. The van der Waals surface area contributed by atoms with Crippen molar-refractivity contribution in [2.24, 2.45) is 23.7 Å². The molecule has 60 heavy (non-hydrogen) atoms. The predicted octanol–water partition coefficient (Wildman–Crippen LogP) is 5.40. The van der Waals surface area contributed by atoms with Crippen molar-refractivity contribution >= 4 is 11.9 Å². The number of esters is 2. The molecule has 3 saturated heterocycles. The molecule has 3 fully saturated rings. The summed E-state index contributed by atoms with van der Waals surface area (Å²) in [6, 6.07) is 0. The van der Waals surface area contributed by atoms with Crippen LogP contribution in [0.15, 0.2) is 59.3 Å². The van der Waals surface area contributed by atoms with Gasteiger partial charge in [-0.05, 0) is 55.9 Å². The number of carbonyl (C=O) groups is 2. The summed E-state index contributed by atoms with van der Waals surface area (Å²) in [6.45, 7) is 15.9. The summed E-state index contributed by atoms with van der Waals surface area (Å²) in [4.78, 5) is 25.4. The molecule has 3 unspecified atom stereocenters. The van der Waals surface area contributed by atoms with E-state index in [1.54, 1.807) is 26.2 Å². The Bertz CT molecular complexity index is 1650. The zero-order chi connectivity index (χ0) is 43.4. The summed E-state index contributed by atoms with van der Waals surface area (Å²) in [5.41, 5.74) is 0.130. The molecule has 0 radical (unpaired) electrons. The molecule has 5 heterocycles. The third-order valence-electron chi connectivity index (χ3n) is 13.1. The van der Waals surface area contributed by atoms with Gasteiger partial charge in [-0.25, -0.2) is 0 Å². The van der Waals surface area contributed by atoms with Gasteiger partial charge in [0, 0.05) is 45.1 Å². The summed E-state index contributed by atoms with van der Waals surface area (Å²) in [5.74, 6) is -2.93. The minimum Gasteiger partial charge on any atom is -0.463 e.